The third-order valence-electron chi connectivity index (χ3n) is 8.12. The minimum atomic E-state index is -1.09. The number of ether oxygens (including phenoxy) is 1. The fourth-order valence-corrected chi connectivity index (χ4v) is 5.47. The minimum Gasteiger partial charge on any atom is -0.457 e. The fraction of sp³-hybridized carbons (Fsp3) is 0.690. The van der Waals surface area contributed by atoms with Gasteiger partial charge in [0.05, 0.1) is 29.0 Å². The number of ketones is 1. The molecule has 0 aliphatic carbocycles. The van der Waals surface area contributed by atoms with Crippen molar-refractivity contribution < 1.29 is 19.4 Å². The molecule has 3 rings (SSSR count). The molecular weight excluding hydrogens is 440 g/mol. The maximum absolute atomic E-state index is 13.2. The van der Waals surface area contributed by atoms with Crippen LogP contribution >= 0.6 is 0 Å². The second kappa shape index (κ2) is 11.2. The Morgan fingerprint density at radius 3 is 2.46 bits per heavy atom. The number of carbonyl (C=O) groups excluding carboxylic acids is 2. The van der Waals surface area contributed by atoms with Crippen LogP contribution in [-0.2, 0) is 21.4 Å². The van der Waals surface area contributed by atoms with Crippen molar-refractivity contribution >= 4 is 22.8 Å². The molecule has 1 saturated heterocycles. The highest BCUT2D eigenvalue weighted by Gasteiger charge is 2.40. The van der Waals surface area contributed by atoms with Gasteiger partial charge in [-0.25, -0.2) is 4.98 Å². The number of imidazole rings is 1. The molecule has 1 aliphatic rings. The molecule has 1 N–H and O–H groups in total. The zero-order chi connectivity index (χ0) is 25.9. The molecule has 0 bridgehead atoms. The molecule has 1 aromatic carbocycles. The lowest BCUT2D eigenvalue weighted by molar-refractivity contribution is -0.155. The molecule has 6 nitrogen and oxygen atoms in total. The monoisotopic (exact) mass is 484 g/mol. The van der Waals surface area contributed by atoms with Gasteiger partial charge >= 0.3 is 5.97 Å². The molecule has 0 radical (unpaired) electrons. The summed E-state index contributed by atoms with van der Waals surface area (Å²) in [5.41, 5.74) is 1.83. The molecule has 2 heterocycles. The lowest BCUT2D eigenvalue weighted by Crippen LogP contribution is -2.42. The van der Waals surface area contributed by atoms with Crippen LogP contribution in [0, 0.1) is 30.1 Å². The van der Waals surface area contributed by atoms with E-state index in [-0.39, 0.29) is 18.1 Å². The van der Waals surface area contributed by atoms with Gasteiger partial charge in [0.2, 0.25) is 0 Å². The zero-order valence-corrected chi connectivity index (χ0v) is 22.6. The first-order valence-electron chi connectivity index (χ1n) is 13.2. The van der Waals surface area contributed by atoms with Crippen molar-refractivity contribution in [1.29, 1.82) is 0 Å². The summed E-state index contributed by atoms with van der Waals surface area (Å²) in [6.45, 7) is 11.9. The third kappa shape index (κ3) is 6.52. The van der Waals surface area contributed by atoms with Gasteiger partial charge in [-0.3, -0.25) is 9.59 Å². The van der Waals surface area contributed by atoms with E-state index in [9.17, 15) is 14.7 Å². The predicted molar refractivity (Wildman–Crippen MR) is 139 cm³/mol. The lowest BCUT2D eigenvalue weighted by Gasteiger charge is -2.32. The number of rotatable bonds is 1. The summed E-state index contributed by atoms with van der Waals surface area (Å²) >= 11 is 0. The summed E-state index contributed by atoms with van der Waals surface area (Å²) in [4.78, 5) is 30.8. The number of carbonyl (C=O) groups is 2. The van der Waals surface area contributed by atoms with Crippen molar-refractivity contribution in [2.24, 2.45) is 30.2 Å². The molecule has 35 heavy (non-hydrogen) atoms. The summed E-state index contributed by atoms with van der Waals surface area (Å²) in [5, 5.41) is 10.9. The number of benzene rings is 1. The van der Waals surface area contributed by atoms with Gasteiger partial charge in [0, 0.05) is 13.0 Å². The quantitative estimate of drug-likeness (QED) is 0.497. The molecule has 1 aromatic heterocycles. The number of aromatic nitrogens is 2. The molecule has 5 atom stereocenters. The molecule has 1 aliphatic heterocycles. The van der Waals surface area contributed by atoms with Crippen molar-refractivity contribution in [3.05, 3.63) is 29.6 Å². The van der Waals surface area contributed by atoms with Crippen molar-refractivity contribution in [3.63, 3.8) is 0 Å². The van der Waals surface area contributed by atoms with E-state index >= 15 is 0 Å². The number of aliphatic hydroxyl groups excluding tert-OH is 1. The SMILES string of the molecule is Cc1nc2cc([C@@H]3CCC(C)CCCC(C)CC(C)C(=O)C(C)(C)C(O)CC(=O)O3)ccc2n1C. The molecule has 0 spiro atoms. The van der Waals surface area contributed by atoms with Crippen LogP contribution in [0.5, 0.6) is 0 Å². The van der Waals surface area contributed by atoms with Gasteiger partial charge in [-0.05, 0) is 55.7 Å². The summed E-state index contributed by atoms with van der Waals surface area (Å²) in [6, 6.07) is 6.05. The number of Topliss-reactive ketones (excluding diaryl/α,β-unsaturated/α-hetero) is 1. The molecule has 6 heteroatoms. The summed E-state index contributed by atoms with van der Waals surface area (Å²) in [7, 11) is 1.99. The predicted octanol–water partition coefficient (Wildman–Crippen LogP) is 6.07. The number of aryl methyl sites for hydroxylation is 2. The number of nitrogens with zero attached hydrogens (tertiary/aromatic N) is 2. The number of cyclic esters (lactones) is 1. The van der Waals surface area contributed by atoms with Gasteiger partial charge in [0.15, 0.2) is 0 Å². The van der Waals surface area contributed by atoms with E-state index in [1.165, 1.54) is 0 Å². The van der Waals surface area contributed by atoms with E-state index in [4.69, 9.17) is 4.74 Å². The normalized spacial score (nSPS) is 29.8. The standard InChI is InChI=1S/C29H44N2O4/c1-18-9-8-10-19(2)15-20(3)28(34)29(5,6)26(32)17-27(33)35-25(14-11-18)22-12-13-24-23(16-22)30-21(4)31(24)7/h12-13,16,18-20,25-26,32H,8-11,14-15,17H2,1-7H3/t18?,19?,20?,25-,26?/m0/s1. The maximum Gasteiger partial charge on any atom is 0.309 e. The van der Waals surface area contributed by atoms with Crippen LogP contribution in [0.2, 0.25) is 0 Å². The number of fused-ring (bicyclic) bond motifs is 1. The number of hydrogen-bond donors (Lipinski definition) is 1. The van der Waals surface area contributed by atoms with Crippen LogP contribution in [-0.4, -0.2) is 32.5 Å². The first-order chi connectivity index (χ1) is 16.4. The van der Waals surface area contributed by atoms with Crippen molar-refractivity contribution in [1.82, 2.24) is 9.55 Å². The molecule has 194 valence electrons. The van der Waals surface area contributed by atoms with Crippen LogP contribution in [0.1, 0.15) is 97.1 Å². The van der Waals surface area contributed by atoms with Crippen LogP contribution < -0.4 is 0 Å². The Balaban J connectivity index is 1.87. The smallest absolute Gasteiger partial charge is 0.309 e. The summed E-state index contributed by atoms with van der Waals surface area (Å²) in [5.74, 6) is 1.28. The van der Waals surface area contributed by atoms with E-state index in [2.05, 4.69) is 18.8 Å². The Labute approximate surface area is 210 Å². The topological polar surface area (TPSA) is 81.4 Å². The van der Waals surface area contributed by atoms with Crippen LogP contribution in [0.15, 0.2) is 18.2 Å². The van der Waals surface area contributed by atoms with E-state index < -0.39 is 23.6 Å². The van der Waals surface area contributed by atoms with Crippen molar-refractivity contribution in [2.45, 2.75) is 98.7 Å². The Bertz CT molecular complexity index is 1040. The van der Waals surface area contributed by atoms with E-state index in [0.717, 1.165) is 60.9 Å². The summed E-state index contributed by atoms with van der Waals surface area (Å²) < 4.78 is 8.01. The molecular formula is C29H44N2O4. The Morgan fingerprint density at radius 1 is 1.06 bits per heavy atom. The fourth-order valence-electron chi connectivity index (χ4n) is 5.47. The van der Waals surface area contributed by atoms with Gasteiger partial charge in [-0.1, -0.05) is 59.9 Å². The second-order valence-corrected chi connectivity index (χ2v) is 11.6. The first kappa shape index (κ1) is 27.4. The van der Waals surface area contributed by atoms with Crippen molar-refractivity contribution in [3.8, 4) is 0 Å². The van der Waals surface area contributed by atoms with Gasteiger partial charge in [0.1, 0.15) is 17.7 Å². The second-order valence-electron chi connectivity index (χ2n) is 11.6. The highest BCUT2D eigenvalue weighted by molar-refractivity contribution is 5.87. The third-order valence-corrected chi connectivity index (χ3v) is 8.12. The highest BCUT2D eigenvalue weighted by Crippen LogP contribution is 2.34. The van der Waals surface area contributed by atoms with Gasteiger partial charge in [0.25, 0.3) is 0 Å². The molecule has 0 amide bonds. The molecule has 4 unspecified atom stereocenters. The lowest BCUT2D eigenvalue weighted by atomic mass is 9.74. The zero-order valence-electron chi connectivity index (χ0n) is 22.6. The van der Waals surface area contributed by atoms with Gasteiger partial charge < -0.3 is 14.4 Å². The molecule has 0 saturated carbocycles. The van der Waals surface area contributed by atoms with Crippen LogP contribution in [0.25, 0.3) is 11.0 Å². The van der Waals surface area contributed by atoms with Crippen molar-refractivity contribution in [2.75, 3.05) is 0 Å². The van der Waals surface area contributed by atoms with Crippen LogP contribution in [0.4, 0.5) is 0 Å². The van der Waals surface area contributed by atoms with E-state index in [0.29, 0.717) is 11.8 Å². The van der Waals surface area contributed by atoms with E-state index in [1.807, 2.05) is 43.7 Å². The molecule has 2 aromatic rings. The maximum atomic E-state index is 13.2. The number of hydrogen-bond acceptors (Lipinski definition) is 5. The average Bonchev–Trinajstić information content (AvgIpc) is 3.07. The average molecular weight is 485 g/mol. The molecule has 1 fully saturated rings. The van der Waals surface area contributed by atoms with Crippen LogP contribution in [0.3, 0.4) is 0 Å². The Morgan fingerprint density at radius 2 is 1.74 bits per heavy atom. The number of aliphatic hydroxyl groups is 1. The largest absolute Gasteiger partial charge is 0.457 e. The minimum absolute atomic E-state index is 0.0117. The first-order valence-corrected chi connectivity index (χ1v) is 13.2. The Kier molecular flexibility index (Phi) is 8.79. The highest BCUT2D eigenvalue weighted by atomic mass is 16.5. The number of esters is 1. The van der Waals surface area contributed by atoms with Gasteiger partial charge in [-0.2, -0.15) is 0 Å². The van der Waals surface area contributed by atoms with E-state index in [1.54, 1.807) is 13.8 Å². The Hall–Kier alpha value is -2.21. The van der Waals surface area contributed by atoms with Gasteiger partial charge in [-0.15, -0.1) is 0 Å². The summed E-state index contributed by atoms with van der Waals surface area (Å²) in [6.07, 6.45) is 4.13.